The van der Waals surface area contributed by atoms with Gasteiger partial charge in [0.2, 0.25) is 5.90 Å². The van der Waals surface area contributed by atoms with E-state index in [1.165, 1.54) is 0 Å². The highest BCUT2D eigenvalue weighted by atomic mass is 16.6. The average Bonchev–Trinajstić information content (AvgIpc) is 2.96. The molecule has 0 radical (unpaired) electrons. The quantitative estimate of drug-likeness (QED) is 0.633. The maximum Gasteiger partial charge on any atom is 0.363 e. The molecule has 0 amide bonds. The number of aliphatic imine (C=N–C) groups is 1. The van der Waals surface area contributed by atoms with E-state index >= 15 is 0 Å². The Balaban J connectivity index is 1.83. The van der Waals surface area contributed by atoms with Crippen molar-refractivity contribution in [3.63, 3.8) is 0 Å². The first-order chi connectivity index (χ1) is 12.1. The van der Waals surface area contributed by atoms with E-state index in [4.69, 9.17) is 9.47 Å². The number of cyclic esters (lactones) is 1. The number of rotatable bonds is 4. The average molecular weight is 335 g/mol. The summed E-state index contributed by atoms with van der Waals surface area (Å²) < 4.78 is 10.2. The number of hydrogen-bond acceptors (Lipinski definition) is 5. The largest absolute Gasteiger partial charge is 0.462 e. The number of ether oxygens (including phenoxy) is 2. The summed E-state index contributed by atoms with van der Waals surface area (Å²) >= 11 is 0. The molecule has 2 aromatic rings. The molecule has 1 aliphatic heterocycles. The minimum atomic E-state index is -0.494. The van der Waals surface area contributed by atoms with E-state index in [0.717, 1.165) is 16.7 Å². The van der Waals surface area contributed by atoms with Crippen molar-refractivity contribution in [2.24, 2.45) is 4.99 Å². The van der Waals surface area contributed by atoms with Gasteiger partial charge < -0.3 is 9.47 Å². The molecule has 5 nitrogen and oxygen atoms in total. The smallest absolute Gasteiger partial charge is 0.363 e. The van der Waals surface area contributed by atoms with E-state index in [1.807, 2.05) is 31.2 Å². The van der Waals surface area contributed by atoms with Crippen molar-refractivity contribution in [2.45, 2.75) is 13.8 Å². The van der Waals surface area contributed by atoms with Crippen molar-refractivity contribution in [2.75, 3.05) is 6.61 Å². The molecule has 0 saturated heterocycles. The van der Waals surface area contributed by atoms with Gasteiger partial charge in [0.25, 0.3) is 0 Å². The van der Waals surface area contributed by atoms with Crippen LogP contribution in [0, 0.1) is 6.92 Å². The van der Waals surface area contributed by atoms with Gasteiger partial charge in [-0.3, -0.25) is 0 Å². The van der Waals surface area contributed by atoms with Crippen LogP contribution in [0.3, 0.4) is 0 Å². The summed E-state index contributed by atoms with van der Waals surface area (Å²) in [6.07, 6.45) is 1.63. The summed E-state index contributed by atoms with van der Waals surface area (Å²) in [6, 6.07) is 14.4. The highest BCUT2D eigenvalue weighted by molar-refractivity contribution is 6.12. The molecule has 2 aromatic carbocycles. The lowest BCUT2D eigenvalue weighted by Gasteiger charge is -2.01. The van der Waals surface area contributed by atoms with Gasteiger partial charge in [-0.1, -0.05) is 29.8 Å². The van der Waals surface area contributed by atoms with Crippen LogP contribution in [0.15, 0.2) is 59.2 Å². The van der Waals surface area contributed by atoms with Crippen molar-refractivity contribution in [3.8, 4) is 0 Å². The SMILES string of the molecule is CCOC(=O)c1ccc(/C=C2\N=C(c3cccc(C)c3)OC2=O)cc1. The Kier molecular flexibility index (Phi) is 4.75. The number of carbonyl (C=O) groups is 2. The molecule has 0 aliphatic carbocycles. The molecule has 1 aliphatic rings. The summed E-state index contributed by atoms with van der Waals surface area (Å²) in [5.74, 6) is -0.573. The lowest BCUT2D eigenvalue weighted by molar-refractivity contribution is -0.129. The molecule has 0 N–H and O–H groups in total. The zero-order chi connectivity index (χ0) is 17.8. The molecule has 0 atom stereocenters. The fraction of sp³-hybridized carbons (Fsp3) is 0.150. The Morgan fingerprint density at radius 2 is 1.96 bits per heavy atom. The molecular weight excluding hydrogens is 318 g/mol. The van der Waals surface area contributed by atoms with Crippen LogP contribution in [0.2, 0.25) is 0 Å². The van der Waals surface area contributed by atoms with Crippen LogP contribution in [0.5, 0.6) is 0 Å². The Morgan fingerprint density at radius 1 is 1.20 bits per heavy atom. The van der Waals surface area contributed by atoms with E-state index in [1.54, 1.807) is 37.3 Å². The minimum Gasteiger partial charge on any atom is -0.462 e. The first-order valence-electron chi connectivity index (χ1n) is 7.93. The van der Waals surface area contributed by atoms with Gasteiger partial charge in [-0.25, -0.2) is 14.6 Å². The lowest BCUT2D eigenvalue weighted by Crippen LogP contribution is -2.05. The third-order valence-electron chi connectivity index (χ3n) is 3.61. The van der Waals surface area contributed by atoms with Crippen LogP contribution < -0.4 is 0 Å². The molecule has 126 valence electrons. The van der Waals surface area contributed by atoms with Crippen molar-refractivity contribution >= 4 is 23.9 Å². The zero-order valence-corrected chi connectivity index (χ0v) is 14.0. The molecule has 25 heavy (non-hydrogen) atoms. The Hall–Kier alpha value is -3.21. The Bertz CT molecular complexity index is 879. The molecule has 3 rings (SSSR count). The predicted molar refractivity (Wildman–Crippen MR) is 94.2 cm³/mol. The molecule has 0 unspecified atom stereocenters. The van der Waals surface area contributed by atoms with Crippen molar-refractivity contribution in [1.82, 2.24) is 0 Å². The summed E-state index contributed by atoms with van der Waals surface area (Å²) in [5.41, 5.74) is 3.24. The van der Waals surface area contributed by atoms with E-state index < -0.39 is 5.97 Å². The Labute approximate surface area is 145 Å². The summed E-state index contributed by atoms with van der Waals surface area (Å²) in [4.78, 5) is 28.0. The van der Waals surface area contributed by atoms with Gasteiger partial charge in [0.1, 0.15) is 0 Å². The van der Waals surface area contributed by atoms with Crippen LogP contribution in [0.1, 0.15) is 34.0 Å². The normalized spacial score (nSPS) is 15.0. The molecule has 1 heterocycles. The van der Waals surface area contributed by atoms with Crippen molar-refractivity contribution in [1.29, 1.82) is 0 Å². The van der Waals surface area contributed by atoms with E-state index in [9.17, 15) is 9.59 Å². The zero-order valence-electron chi connectivity index (χ0n) is 14.0. The number of benzene rings is 2. The molecule has 0 fully saturated rings. The fourth-order valence-electron chi connectivity index (χ4n) is 2.40. The van der Waals surface area contributed by atoms with E-state index in [0.29, 0.717) is 18.1 Å². The van der Waals surface area contributed by atoms with Crippen LogP contribution in [-0.2, 0) is 14.3 Å². The maximum atomic E-state index is 12.0. The highest BCUT2D eigenvalue weighted by Crippen LogP contribution is 2.20. The molecule has 5 heteroatoms. The van der Waals surface area contributed by atoms with E-state index in [2.05, 4.69) is 4.99 Å². The second-order valence-electron chi connectivity index (χ2n) is 5.55. The van der Waals surface area contributed by atoms with Crippen molar-refractivity contribution in [3.05, 3.63) is 76.5 Å². The Morgan fingerprint density at radius 3 is 2.64 bits per heavy atom. The van der Waals surface area contributed by atoms with Crippen LogP contribution >= 0.6 is 0 Å². The summed E-state index contributed by atoms with van der Waals surface area (Å²) in [6.45, 7) is 4.04. The van der Waals surface area contributed by atoms with Crippen molar-refractivity contribution < 1.29 is 19.1 Å². The van der Waals surface area contributed by atoms with Gasteiger partial charge in [0, 0.05) is 5.56 Å². The number of aryl methyl sites for hydroxylation is 1. The van der Waals surface area contributed by atoms with Gasteiger partial charge in [0.15, 0.2) is 5.70 Å². The first-order valence-corrected chi connectivity index (χ1v) is 7.93. The molecule has 0 spiro atoms. The van der Waals surface area contributed by atoms with Gasteiger partial charge in [0.05, 0.1) is 12.2 Å². The number of hydrogen-bond donors (Lipinski definition) is 0. The topological polar surface area (TPSA) is 65.0 Å². The van der Waals surface area contributed by atoms with Crippen LogP contribution in [0.4, 0.5) is 0 Å². The second-order valence-corrected chi connectivity index (χ2v) is 5.55. The first kappa shape index (κ1) is 16.6. The van der Waals surface area contributed by atoms with Crippen LogP contribution in [0.25, 0.3) is 6.08 Å². The number of nitrogens with zero attached hydrogens (tertiary/aromatic N) is 1. The highest BCUT2D eigenvalue weighted by Gasteiger charge is 2.24. The second kappa shape index (κ2) is 7.13. The standard InChI is InChI=1S/C20H17NO4/c1-3-24-19(22)15-9-7-14(8-10-15)12-17-20(23)25-18(21-17)16-6-4-5-13(2)11-16/h4-12H,3H2,1-2H3/b17-12-. The predicted octanol–water partition coefficient (Wildman–Crippen LogP) is 3.52. The fourth-order valence-corrected chi connectivity index (χ4v) is 2.40. The monoisotopic (exact) mass is 335 g/mol. The van der Waals surface area contributed by atoms with E-state index in [-0.39, 0.29) is 11.7 Å². The van der Waals surface area contributed by atoms with Crippen LogP contribution in [-0.4, -0.2) is 24.4 Å². The third kappa shape index (κ3) is 3.83. The lowest BCUT2D eigenvalue weighted by atomic mass is 10.1. The molecule has 0 aromatic heterocycles. The van der Waals surface area contributed by atoms with Gasteiger partial charge in [-0.15, -0.1) is 0 Å². The molecule has 0 saturated carbocycles. The molecule has 0 bridgehead atoms. The minimum absolute atomic E-state index is 0.223. The summed E-state index contributed by atoms with van der Waals surface area (Å²) in [5, 5.41) is 0. The van der Waals surface area contributed by atoms with Gasteiger partial charge in [-0.05, 0) is 49.8 Å². The third-order valence-corrected chi connectivity index (χ3v) is 3.61. The number of esters is 2. The summed E-state index contributed by atoms with van der Waals surface area (Å²) in [7, 11) is 0. The maximum absolute atomic E-state index is 12.0. The van der Waals surface area contributed by atoms with Gasteiger partial charge >= 0.3 is 11.9 Å². The molecular formula is C20H17NO4. The van der Waals surface area contributed by atoms with Gasteiger partial charge in [-0.2, -0.15) is 0 Å². The number of carbonyl (C=O) groups excluding carboxylic acids is 2.